The predicted octanol–water partition coefficient (Wildman–Crippen LogP) is 2.54. The van der Waals surface area contributed by atoms with Crippen molar-refractivity contribution in [2.24, 2.45) is 0 Å². The topological polar surface area (TPSA) is 80.6 Å². The average Bonchev–Trinajstić information content (AvgIpc) is 2.97. The van der Waals surface area contributed by atoms with Crippen molar-refractivity contribution in [3.05, 3.63) is 47.0 Å². The largest absolute Gasteiger partial charge is 0.379 e. The summed E-state index contributed by atoms with van der Waals surface area (Å²) in [5.41, 5.74) is 2.50. The van der Waals surface area contributed by atoms with Gasteiger partial charge in [-0.3, -0.25) is 4.79 Å². The van der Waals surface area contributed by atoms with Gasteiger partial charge < -0.3 is 14.6 Å². The molecule has 1 saturated heterocycles. The normalized spacial score (nSPS) is 15.6. The van der Waals surface area contributed by atoms with Crippen molar-refractivity contribution in [1.29, 1.82) is 0 Å². The Morgan fingerprint density at radius 3 is 2.50 bits per heavy atom. The first-order chi connectivity index (χ1) is 13.3. The summed E-state index contributed by atoms with van der Waals surface area (Å²) in [4.78, 5) is 12.2. The number of aryl methyl sites for hydroxylation is 1. The molecule has 2 aromatic rings. The molecule has 1 aliphatic heterocycles. The van der Waals surface area contributed by atoms with Crippen molar-refractivity contribution in [1.82, 2.24) is 8.87 Å². The molecule has 0 bridgehead atoms. The number of nitrogens with one attached hydrogen (secondary N) is 1. The Labute approximate surface area is 164 Å². The van der Waals surface area contributed by atoms with E-state index in [1.165, 1.54) is 10.4 Å². The summed E-state index contributed by atoms with van der Waals surface area (Å²) in [6, 6.07) is 5.35. The molecule has 9 heteroatoms. The van der Waals surface area contributed by atoms with Gasteiger partial charge in [0.25, 0.3) is 5.91 Å². The second kappa shape index (κ2) is 8.02. The third kappa shape index (κ3) is 3.82. The van der Waals surface area contributed by atoms with E-state index in [4.69, 9.17) is 4.74 Å². The Morgan fingerprint density at radius 1 is 1.21 bits per heavy atom. The number of halogens is 1. The van der Waals surface area contributed by atoms with Gasteiger partial charge in [-0.2, -0.15) is 4.31 Å². The molecule has 0 atom stereocenters. The number of anilines is 1. The first-order valence-electron chi connectivity index (χ1n) is 9.11. The maximum Gasteiger partial charge on any atom is 0.257 e. The van der Waals surface area contributed by atoms with Gasteiger partial charge >= 0.3 is 0 Å². The maximum absolute atomic E-state index is 14.3. The second-order valence-electron chi connectivity index (χ2n) is 6.64. The lowest BCUT2D eigenvalue weighted by Crippen LogP contribution is -2.40. The summed E-state index contributed by atoms with van der Waals surface area (Å²) in [6.07, 6.45) is 0. The Kier molecular flexibility index (Phi) is 5.87. The minimum Gasteiger partial charge on any atom is -0.379 e. The summed E-state index contributed by atoms with van der Waals surface area (Å²) in [5.74, 6) is -1.22. The number of carbonyl (C=O) groups is 1. The highest BCUT2D eigenvalue weighted by Gasteiger charge is 2.29. The molecule has 1 aromatic carbocycles. The predicted molar refractivity (Wildman–Crippen MR) is 104 cm³/mol. The first-order valence-corrected chi connectivity index (χ1v) is 10.5. The molecule has 1 amide bonds. The number of morpholine rings is 1. The Balaban J connectivity index is 1.88. The lowest BCUT2D eigenvalue weighted by molar-refractivity contribution is 0.0729. The lowest BCUT2D eigenvalue weighted by atomic mass is 10.2. The lowest BCUT2D eigenvalue weighted by Gasteiger charge is -2.26. The molecule has 7 nitrogen and oxygen atoms in total. The number of hydrogen-bond acceptors (Lipinski definition) is 4. The van der Waals surface area contributed by atoms with Crippen LogP contribution in [0.4, 0.5) is 10.1 Å². The van der Waals surface area contributed by atoms with Crippen molar-refractivity contribution in [3.63, 3.8) is 0 Å². The van der Waals surface area contributed by atoms with E-state index in [1.54, 1.807) is 6.07 Å². The van der Waals surface area contributed by atoms with Gasteiger partial charge in [0.05, 0.1) is 18.8 Å². The number of hydrogen-bond donors (Lipinski definition) is 1. The minimum absolute atomic E-state index is 0.168. The third-order valence-corrected chi connectivity index (χ3v) is 6.83. The van der Waals surface area contributed by atoms with Crippen LogP contribution >= 0.6 is 0 Å². The molecule has 0 saturated carbocycles. The Hall–Kier alpha value is -2.23. The zero-order valence-electron chi connectivity index (χ0n) is 16.2. The standard InChI is InChI=1S/C19H24FN3O4S/c1-4-23-13(2)11-16(14(23)3)19(24)21-15-5-6-17(20)18(12-15)28(25,26)22-7-9-27-10-8-22/h5-6,11-12H,4,7-10H2,1-3H3,(H,21,24). The van der Waals surface area contributed by atoms with Gasteiger partial charge in [-0.05, 0) is 45.0 Å². The van der Waals surface area contributed by atoms with Crippen LogP contribution in [0, 0.1) is 19.7 Å². The molecule has 1 N–H and O–H groups in total. The highest BCUT2D eigenvalue weighted by Crippen LogP contribution is 2.25. The van der Waals surface area contributed by atoms with Gasteiger partial charge in [-0.1, -0.05) is 0 Å². The molecule has 0 unspecified atom stereocenters. The van der Waals surface area contributed by atoms with E-state index in [0.29, 0.717) is 5.56 Å². The molecule has 0 aliphatic carbocycles. The molecule has 1 fully saturated rings. The Bertz CT molecular complexity index is 995. The summed E-state index contributed by atoms with van der Waals surface area (Å²) in [7, 11) is -4.01. The molecule has 3 rings (SSSR count). The second-order valence-corrected chi connectivity index (χ2v) is 8.55. The van der Waals surface area contributed by atoms with Crippen LogP contribution in [-0.4, -0.2) is 49.5 Å². The molecule has 1 aliphatic rings. The fraction of sp³-hybridized carbons (Fsp3) is 0.421. The number of aromatic nitrogens is 1. The van der Waals surface area contributed by atoms with E-state index in [9.17, 15) is 17.6 Å². The van der Waals surface area contributed by atoms with Crippen molar-refractivity contribution in [2.75, 3.05) is 31.6 Å². The van der Waals surface area contributed by atoms with Crippen LogP contribution in [0.2, 0.25) is 0 Å². The summed E-state index contributed by atoms with van der Waals surface area (Å²) in [6.45, 7) is 7.37. The number of carbonyl (C=O) groups excluding carboxylic acids is 1. The molecule has 0 spiro atoms. The SMILES string of the molecule is CCn1c(C)cc(C(=O)Nc2ccc(F)c(S(=O)(=O)N3CCOCC3)c2)c1C. The third-order valence-electron chi connectivity index (χ3n) is 4.91. The van der Waals surface area contributed by atoms with Crippen LogP contribution in [-0.2, 0) is 21.3 Å². The number of amides is 1. The quantitative estimate of drug-likeness (QED) is 0.823. The van der Waals surface area contributed by atoms with Crippen molar-refractivity contribution >= 4 is 21.6 Å². The molecule has 1 aromatic heterocycles. The van der Waals surface area contributed by atoms with Crippen molar-refractivity contribution in [2.45, 2.75) is 32.2 Å². The maximum atomic E-state index is 14.3. The molecular weight excluding hydrogens is 385 g/mol. The van der Waals surface area contributed by atoms with Crippen LogP contribution in [0.15, 0.2) is 29.2 Å². The molecular formula is C19H24FN3O4S. The van der Waals surface area contributed by atoms with Crippen molar-refractivity contribution < 1.29 is 22.3 Å². The highest BCUT2D eigenvalue weighted by molar-refractivity contribution is 7.89. The van der Waals surface area contributed by atoms with E-state index in [1.807, 2.05) is 25.3 Å². The monoisotopic (exact) mass is 409 g/mol. The molecule has 2 heterocycles. The van der Waals surface area contributed by atoms with Crippen LogP contribution in [0.3, 0.4) is 0 Å². The average molecular weight is 409 g/mol. The zero-order valence-corrected chi connectivity index (χ0v) is 17.0. The minimum atomic E-state index is -4.01. The number of nitrogens with zero attached hydrogens (tertiary/aromatic N) is 2. The van der Waals surface area contributed by atoms with Crippen LogP contribution < -0.4 is 5.32 Å². The van der Waals surface area contributed by atoms with Gasteiger partial charge in [0, 0.05) is 36.7 Å². The molecule has 0 radical (unpaired) electrons. The Morgan fingerprint density at radius 2 is 1.89 bits per heavy atom. The van der Waals surface area contributed by atoms with Crippen LogP contribution in [0.1, 0.15) is 28.7 Å². The first kappa shape index (κ1) is 20.5. The van der Waals surface area contributed by atoms with Gasteiger partial charge in [0.1, 0.15) is 10.7 Å². The number of ether oxygens (including phenoxy) is 1. The fourth-order valence-electron chi connectivity index (χ4n) is 3.42. The number of benzene rings is 1. The zero-order chi connectivity index (χ0) is 20.5. The van der Waals surface area contributed by atoms with Crippen LogP contribution in [0.5, 0.6) is 0 Å². The summed E-state index contributed by atoms with van der Waals surface area (Å²) >= 11 is 0. The van der Waals surface area contributed by atoms with E-state index in [-0.39, 0.29) is 37.9 Å². The fourth-order valence-corrected chi connectivity index (χ4v) is 4.92. The van der Waals surface area contributed by atoms with E-state index >= 15 is 0 Å². The van der Waals surface area contributed by atoms with Gasteiger partial charge in [0.15, 0.2) is 0 Å². The number of sulfonamides is 1. The van der Waals surface area contributed by atoms with Gasteiger partial charge in [-0.25, -0.2) is 12.8 Å². The summed E-state index contributed by atoms with van der Waals surface area (Å²) in [5, 5.41) is 2.68. The highest BCUT2D eigenvalue weighted by atomic mass is 32.2. The molecule has 152 valence electrons. The van der Waals surface area contributed by atoms with E-state index in [0.717, 1.165) is 30.1 Å². The smallest absolute Gasteiger partial charge is 0.257 e. The van der Waals surface area contributed by atoms with Crippen molar-refractivity contribution in [3.8, 4) is 0 Å². The van der Waals surface area contributed by atoms with Gasteiger partial charge in [0.2, 0.25) is 10.0 Å². The number of rotatable bonds is 5. The van der Waals surface area contributed by atoms with E-state index < -0.39 is 20.7 Å². The summed E-state index contributed by atoms with van der Waals surface area (Å²) < 4.78 is 48.2. The van der Waals surface area contributed by atoms with Crippen LogP contribution in [0.25, 0.3) is 0 Å². The van der Waals surface area contributed by atoms with E-state index in [2.05, 4.69) is 5.32 Å². The van der Waals surface area contributed by atoms with Gasteiger partial charge in [-0.15, -0.1) is 0 Å². The molecule has 28 heavy (non-hydrogen) atoms.